The van der Waals surface area contributed by atoms with Crippen molar-refractivity contribution in [2.45, 2.75) is 6.42 Å². The number of nitrogens with one attached hydrogen (secondary N) is 1. The monoisotopic (exact) mass is 256 g/mol. The fourth-order valence-electron chi connectivity index (χ4n) is 1.46. The van der Waals surface area contributed by atoms with Crippen LogP contribution in [0.5, 0.6) is 11.6 Å². The largest absolute Gasteiger partial charge is 0.439 e. The Hall–Kier alpha value is -2.85. The van der Waals surface area contributed by atoms with Crippen LogP contribution in [-0.2, 0) is 6.42 Å². The van der Waals surface area contributed by atoms with Crippen LogP contribution >= 0.6 is 0 Å². The molecule has 19 heavy (non-hydrogen) atoms. The van der Waals surface area contributed by atoms with Gasteiger partial charge >= 0.3 is 0 Å². The number of nitrogens with zero attached hydrogens (tertiary/aromatic N) is 3. The van der Waals surface area contributed by atoms with Gasteiger partial charge in [0, 0.05) is 6.07 Å². The van der Waals surface area contributed by atoms with E-state index in [1.807, 2.05) is 12.1 Å². The minimum absolute atomic E-state index is 0.0616. The zero-order valence-electron chi connectivity index (χ0n) is 10.00. The summed E-state index contributed by atoms with van der Waals surface area (Å²) < 4.78 is 5.53. The molecule has 1 heterocycles. The number of anilines is 2. The summed E-state index contributed by atoms with van der Waals surface area (Å²) in [6.45, 7) is 0. The van der Waals surface area contributed by atoms with Crippen LogP contribution < -0.4 is 21.7 Å². The number of ether oxygens (including phenoxy) is 1. The quantitative estimate of drug-likeness (QED) is 0.554. The minimum atomic E-state index is 0.0616. The number of aromatic nitrogens is 2. The van der Waals surface area contributed by atoms with E-state index in [0.717, 1.165) is 5.56 Å². The molecular weight excluding hydrogens is 244 g/mol. The molecule has 96 valence electrons. The third-order valence-corrected chi connectivity index (χ3v) is 2.30. The molecule has 0 aliphatic heterocycles. The van der Waals surface area contributed by atoms with Crippen LogP contribution in [-0.4, -0.2) is 9.97 Å². The van der Waals surface area contributed by atoms with Gasteiger partial charge in [-0.2, -0.15) is 15.2 Å². The van der Waals surface area contributed by atoms with E-state index in [0.29, 0.717) is 18.0 Å². The standard InChI is InChI=1S/C12H12N6O/c13-6-5-8-1-3-9(4-2-8)19-11-7-10(18-15)16-12(14)17-11/h1-4,7H,5,15H2,(H3,14,16,17,18). The first-order chi connectivity index (χ1) is 9.21. The summed E-state index contributed by atoms with van der Waals surface area (Å²) in [7, 11) is 0. The van der Waals surface area contributed by atoms with Crippen LogP contribution in [0.15, 0.2) is 30.3 Å². The molecule has 0 spiro atoms. The molecule has 2 aromatic rings. The zero-order chi connectivity index (χ0) is 13.7. The van der Waals surface area contributed by atoms with E-state index in [1.54, 1.807) is 12.1 Å². The van der Waals surface area contributed by atoms with E-state index in [-0.39, 0.29) is 11.8 Å². The van der Waals surface area contributed by atoms with Crippen molar-refractivity contribution in [3.63, 3.8) is 0 Å². The molecule has 5 N–H and O–H groups in total. The molecule has 0 unspecified atom stereocenters. The van der Waals surface area contributed by atoms with Crippen LogP contribution in [0.2, 0.25) is 0 Å². The Bertz CT molecular complexity index is 605. The van der Waals surface area contributed by atoms with E-state index in [2.05, 4.69) is 21.5 Å². The molecule has 2 rings (SSSR count). The summed E-state index contributed by atoms with van der Waals surface area (Å²) >= 11 is 0. The van der Waals surface area contributed by atoms with Crippen molar-refractivity contribution in [3.05, 3.63) is 35.9 Å². The fourth-order valence-corrected chi connectivity index (χ4v) is 1.46. The van der Waals surface area contributed by atoms with Crippen molar-refractivity contribution in [3.8, 4) is 17.7 Å². The van der Waals surface area contributed by atoms with E-state index >= 15 is 0 Å². The third kappa shape index (κ3) is 3.31. The van der Waals surface area contributed by atoms with Gasteiger partial charge in [0.2, 0.25) is 11.8 Å². The predicted octanol–water partition coefficient (Wildman–Crippen LogP) is 1.20. The Morgan fingerprint density at radius 3 is 2.63 bits per heavy atom. The van der Waals surface area contributed by atoms with E-state index < -0.39 is 0 Å². The van der Waals surface area contributed by atoms with Crippen LogP contribution in [0, 0.1) is 11.3 Å². The first kappa shape index (κ1) is 12.6. The summed E-state index contributed by atoms with van der Waals surface area (Å²) in [5.74, 6) is 6.55. The number of hydrogen-bond acceptors (Lipinski definition) is 7. The Balaban J connectivity index is 2.16. The molecule has 0 amide bonds. The first-order valence-corrected chi connectivity index (χ1v) is 5.46. The molecule has 7 nitrogen and oxygen atoms in total. The summed E-state index contributed by atoms with van der Waals surface area (Å²) in [5.41, 5.74) is 8.81. The number of hydrogen-bond donors (Lipinski definition) is 3. The number of hydrazine groups is 1. The van der Waals surface area contributed by atoms with Gasteiger partial charge in [0.25, 0.3) is 0 Å². The number of nitrogen functional groups attached to an aromatic ring is 2. The topological polar surface area (TPSA) is 123 Å². The van der Waals surface area contributed by atoms with Gasteiger partial charge in [-0.3, -0.25) is 0 Å². The lowest BCUT2D eigenvalue weighted by molar-refractivity contribution is 0.463. The Morgan fingerprint density at radius 1 is 1.26 bits per heavy atom. The van der Waals surface area contributed by atoms with Crippen molar-refractivity contribution in [2.24, 2.45) is 5.84 Å². The van der Waals surface area contributed by atoms with Crippen molar-refractivity contribution in [1.82, 2.24) is 9.97 Å². The highest BCUT2D eigenvalue weighted by Crippen LogP contribution is 2.22. The van der Waals surface area contributed by atoms with Gasteiger partial charge < -0.3 is 15.9 Å². The molecule has 1 aromatic heterocycles. The average molecular weight is 256 g/mol. The van der Waals surface area contributed by atoms with Crippen LogP contribution in [0.25, 0.3) is 0 Å². The third-order valence-electron chi connectivity index (χ3n) is 2.30. The van der Waals surface area contributed by atoms with Crippen LogP contribution in [0.1, 0.15) is 5.56 Å². The van der Waals surface area contributed by atoms with Crippen molar-refractivity contribution < 1.29 is 4.74 Å². The highest BCUT2D eigenvalue weighted by Gasteiger charge is 2.04. The average Bonchev–Trinajstić information content (AvgIpc) is 2.40. The lowest BCUT2D eigenvalue weighted by Crippen LogP contribution is -2.10. The molecule has 0 aliphatic carbocycles. The highest BCUT2D eigenvalue weighted by molar-refractivity contribution is 5.43. The highest BCUT2D eigenvalue weighted by atomic mass is 16.5. The van der Waals surface area contributed by atoms with E-state index in [1.165, 1.54) is 6.07 Å². The maximum Gasteiger partial charge on any atom is 0.226 e. The van der Waals surface area contributed by atoms with Gasteiger partial charge in [0.1, 0.15) is 11.6 Å². The molecule has 0 radical (unpaired) electrons. The number of nitrogens with two attached hydrogens (primary N) is 2. The lowest BCUT2D eigenvalue weighted by atomic mass is 10.2. The summed E-state index contributed by atoms with van der Waals surface area (Å²) in [6.07, 6.45) is 0.363. The van der Waals surface area contributed by atoms with Gasteiger partial charge in [-0.15, -0.1) is 0 Å². The number of rotatable bonds is 4. The Labute approximate surface area is 109 Å². The number of nitriles is 1. The molecule has 7 heteroatoms. The lowest BCUT2D eigenvalue weighted by Gasteiger charge is -2.07. The molecule has 0 saturated heterocycles. The van der Waals surface area contributed by atoms with Crippen molar-refractivity contribution in [2.75, 3.05) is 11.2 Å². The van der Waals surface area contributed by atoms with Gasteiger partial charge in [-0.25, -0.2) is 5.84 Å². The zero-order valence-corrected chi connectivity index (χ0v) is 10.00. The SMILES string of the molecule is N#CCc1ccc(Oc2cc(NN)nc(N)n2)cc1. The van der Waals surface area contributed by atoms with Crippen LogP contribution in [0.3, 0.4) is 0 Å². The second-order valence-electron chi connectivity index (χ2n) is 3.67. The van der Waals surface area contributed by atoms with Gasteiger partial charge in [0.15, 0.2) is 0 Å². The molecule has 0 fully saturated rings. The van der Waals surface area contributed by atoms with E-state index in [9.17, 15) is 0 Å². The summed E-state index contributed by atoms with van der Waals surface area (Å²) in [5, 5.41) is 8.58. The van der Waals surface area contributed by atoms with Gasteiger partial charge in [-0.05, 0) is 17.7 Å². The minimum Gasteiger partial charge on any atom is -0.439 e. The maximum absolute atomic E-state index is 8.58. The van der Waals surface area contributed by atoms with Crippen molar-refractivity contribution in [1.29, 1.82) is 5.26 Å². The molecule has 0 aliphatic rings. The first-order valence-electron chi connectivity index (χ1n) is 5.46. The Morgan fingerprint density at radius 2 is 2.00 bits per heavy atom. The molecule has 0 bridgehead atoms. The van der Waals surface area contributed by atoms with Crippen LogP contribution in [0.4, 0.5) is 11.8 Å². The van der Waals surface area contributed by atoms with Crippen molar-refractivity contribution >= 4 is 11.8 Å². The molecule has 0 saturated carbocycles. The second-order valence-corrected chi connectivity index (χ2v) is 3.67. The fraction of sp³-hybridized carbons (Fsp3) is 0.0833. The summed E-state index contributed by atoms with van der Waals surface area (Å²) in [4.78, 5) is 7.78. The number of benzene rings is 1. The smallest absolute Gasteiger partial charge is 0.226 e. The summed E-state index contributed by atoms with van der Waals surface area (Å²) in [6, 6.07) is 10.7. The molecular formula is C12H12N6O. The van der Waals surface area contributed by atoms with E-state index in [4.69, 9.17) is 21.6 Å². The predicted molar refractivity (Wildman–Crippen MR) is 70.1 cm³/mol. The van der Waals surface area contributed by atoms with Gasteiger partial charge in [-0.1, -0.05) is 12.1 Å². The van der Waals surface area contributed by atoms with Gasteiger partial charge in [0.05, 0.1) is 12.5 Å². The molecule has 0 atom stereocenters. The normalized spacial score (nSPS) is 9.68. The maximum atomic E-state index is 8.58. The Kier molecular flexibility index (Phi) is 3.75. The molecule has 1 aromatic carbocycles. The second kappa shape index (κ2) is 5.66.